The van der Waals surface area contributed by atoms with Gasteiger partial charge >= 0.3 is 5.97 Å². The van der Waals surface area contributed by atoms with Gasteiger partial charge in [0.1, 0.15) is 11.6 Å². The van der Waals surface area contributed by atoms with E-state index in [1.54, 1.807) is 12.1 Å². The highest BCUT2D eigenvalue weighted by atomic mass is 35.5. The first-order valence-electron chi connectivity index (χ1n) is 10.1. The lowest BCUT2D eigenvalue weighted by Gasteiger charge is -2.18. The molecule has 4 rings (SSSR count). The molecule has 1 aliphatic rings. The van der Waals surface area contributed by atoms with Gasteiger partial charge < -0.3 is 14.1 Å². The first-order valence-corrected chi connectivity index (χ1v) is 10.5. The molecule has 0 aliphatic carbocycles. The molecule has 1 aromatic heterocycles. The zero-order valence-corrected chi connectivity index (χ0v) is 18.7. The number of hydrogen-bond donors (Lipinski definition) is 0. The predicted octanol–water partition coefficient (Wildman–Crippen LogP) is 3.68. The van der Waals surface area contributed by atoms with E-state index in [1.807, 2.05) is 0 Å². The Kier molecular flexibility index (Phi) is 6.47. The summed E-state index contributed by atoms with van der Waals surface area (Å²) in [6.07, 6.45) is 1.44. The molecule has 0 unspecified atom stereocenters. The van der Waals surface area contributed by atoms with Crippen molar-refractivity contribution >= 4 is 35.3 Å². The predicted molar refractivity (Wildman–Crippen MR) is 118 cm³/mol. The molecule has 0 radical (unpaired) electrons. The summed E-state index contributed by atoms with van der Waals surface area (Å²) in [6, 6.07) is 11.4. The van der Waals surface area contributed by atoms with Crippen molar-refractivity contribution in [3.63, 3.8) is 0 Å². The Bertz CT molecular complexity index is 1270. The highest BCUT2D eigenvalue weighted by molar-refractivity contribution is 6.31. The van der Waals surface area contributed by atoms with Gasteiger partial charge in [0.15, 0.2) is 6.61 Å². The molecule has 0 N–H and O–H groups in total. The number of amides is 3. The van der Waals surface area contributed by atoms with Crippen molar-refractivity contribution in [1.29, 1.82) is 0 Å². The van der Waals surface area contributed by atoms with Crippen LogP contribution in [0.5, 0.6) is 0 Å². The number of benzene rings is 2. The highest BCUT2D eigenvalue weighted by Crippen LogP contribution is 2.26. The van der Waals surface area contributed by atoms with E-state index in [0.29, 0.717) is 5.76 Å². The molecule has 0 fully saturated rings. The standard InChI is InChI=1S/C24H18ClFN2O6/c1-27(12-18-19(25)5-2-6-20(18)26)21(29)13-34-24(32)14-7-8-16-17(10-14)23(31)28(22(16)30)11-15-4-3-9-33-15/h2-10H,11-13H2,1H3. The molecule has 3 amide bonds. The molecule has 0 saturated carbocycles. The second-order valence-corrected chi connectivity index (χ2v) is 7.97. The van der Waals surface area contributed by atoms with E-state index in [4.69, 9.17) is 20.8 Å². The first kappa shape index (κ1) is 23.2. The monoisotopic (exact) mass is 484 g/mol. The molecule has 2 aromatic carbocycles. The second-order valence-electron chi connectivity index (χ2n) is 7.56. The van der Waals surface area contributed by atoms with Gasteiger partial charge in [0.2, 0.25) is 0 Å². The van der Waals surface area contributed by atoms with Crippen LogP contribution >= 0.6 is 11.6 Å². The van der Waals surface area contributed by atoms with Crippen LogP contribution in [0.3, 0.4) is 0 Å². The number of fused-ring (bicyclic) bond motifs is 1. The van der Waals surface area contributed by atoms with E-state index >= 15 is 0 Å². The van der Waals surface area contributed by atoms with Crippen molar-refractivity contribution in [2.24, 2.45) is 0 Å². The Labute approximate surface area is 198 Å². The molecule has 0 bridgehead atoms. The number of likely N-dealkylation sites (N-methyl/N-ethyl adjacent to an activating group) is 1. The van der Waals surface area contributed by atoms with Gasteiger partial charge in [-0.05, 0) is 42.5 Å². The topological polar surface area (TPSA) is 97.1 Å². The fraction of sp³-hybridized carbons (Fsp3) is 0.167. The van der Waals surface area contributed by atoms with E-state index < -0.39 is 36.1 Å². The van der Waals surface area contributed by atoms with Gasteiger partial charge in [0, 0.05) is 24.2 Å². The molecular formula is C24H18ClFN2O6. The van der Waals surface area contributed by atoms with Gasteiger partial charge in [-0.3, -0.25) is 19.3 Å². The number of furan rings is 1. The Balaban J connectivity index is 1.39. The van der Waals surface area contributed by atoms with Crippen LogP contribution < -0.4 is 0 Å². The van der Waals surface area contributed by atoms with E-state index in [2.05, 4.69) is 0 Å². The van der Waals surface area contributed by atoms with Gasteiger partial charge in [-0.25, -0.2) is 9.18 Å². The van der Waals surface area contributed by atoms with Crippen LogP contribution in [-0.2, 0) is 22.6 Å². The minimum atomic E-state index is -0.849. The van der Waals surface area contributed by atoms with Crippen LogP contribution in [0.4, 0.5) is 4.39 Å². The Hall–Kier alpha value is -3.98. The van der Waals surface area contributed by atoms with E-state index in [0.717, 1.165) is 4.90 Å². The lowest BCUT2D eigenvalue weighted by atomic mass is 10.1. The fourth-order valence-electron chi connectivity index (χ4n) is 3.45. The minimum Gasteiger partial charge on any atom is -0.467 e. The molecule has 3 aromatic rings. The maximum atomic E-state index is 13.9. The third-order valence-electron chi connectivity index (χ3n) is 5.31. The van der Waals surface area contributed by atoms with E-state index in [1.165, 1.54) is 54.6 Å². The van der Waals surface area contributed by atoms with Gasteiger partial charge in [-0.1, -0.05) is 17.7 Å². The molecule has 1 aliphatic heterocycles. The zero-order chi connectivity index (χ0) is 24.4. The summed E-state index contributed by atoms with van der Waals surface area (Å²) < 4.78 is 24.2. The third kappa shape index (κ3) is 4.55. The summed E-state index contributed by atoms with van der Waals surface area (Å²) in [5, 5.41) is 0.176. The van der Waals surface area contributed by atoms with Gasteiger partial charge in [-0.15, -0.1) is 0 Å². The fourth-order valence-corrected chi connectivity index (χ4v) is 3.67. The van der Waals surface area contributed by atoms with Crippen LogP contribution in [0, 0.1) is 5.82 Å². The van der Waals surface area contributed by atoms with Crippen molar-refractivity contribution in [1.82, 2.24) is 9.80 Å². The summed E-state index contributed by atoms with van der Waals surface area (Å²) in [5.41, 5.74) is 0.369. The summed E-state index contributed by atoms with van der Waals surface area (Å²) in [7, 11) is 1.42. The average molecular weight is 485 g/mol. The van der Waals surface area contributed by atoms with Crippen LogP contribution in [0.2, 0.25) is 5.02 Å². The second kappa shape index (κ2) is 9.48. The summed E-state index contributed by atoms with van der Waals surface area (Å²) >= 11 is 5.98. The number of ether oxygens (including phenoxy) is 1. The van der Waals surface area contributed by atoms with Crippen LogP contribution in [-0.4, -0.2) is 47.1 Å². The molecule has 2 heterocycles. The molecular weight excluding hydrogens is 467 g/mol. The van der Waals surface area contributed by atoms with Crippen molar-refractivity contribution in [2.75, 3.05) is 13.7 Å². The molecule has 10 heteroatoms. The SMILES string of the molecule is CN(Cc1c(F)cccc1Cl)C(=O)COC(=O)c1ccc2c(c1)C(=O)N(Cc1ccco1)C2=O. The Morgan fingerprint density at radius 3 is 2.56 bits per heavy atom. The lowest BCUT2D eigenvalue weighted by Crippen LogP contribution is -2.31. The molecule has 34 heavy (non-hydrogen) atoms. The highest BCUT2D eigenvalue weighted by Gasteiger charge is 2.36. The van der Waals surface area contributed by atoms with Crippen molar-refractivity contribution < 1.29 is 32.7 Å². The molecule has 8 nitrogen and oxygen atoms in total. The van der Waals surface area contributed by atoms with E-state index in [9.17, 15) is 23.6 Å². The zero-order valence-electron chi connectivity index (χ0n) is 17.9. The number of imide groups is 1. The third-order valence-corrected chi connectivity index (χ3v) is 5.66. The molecule has 0 atom stereocenters. The first-order chi connectivity index (χ1) is 16.3. The smallest absolute Gasteiger partial charge is 0.338 e. The number of nitrogens with zero attached hydrogens (tertiary/aromatic N) is 2. The van der Waals surface area contributed by atoms with Gasteiger partial charge in [-0.2, -0.15) is 0 Å². The quantitative estimate of drug-likeness (QED) is 0.375. The van der Waals surface area contributed by atoms with Crippen molar-refractivity contribution in [2.45, 2.75) is 13.1 Å². The lowest BCUT2D eigenvalue weighted by molar-refractivity contribution is -0.133. The maximum Gasteiger partial charge on any atom is 0.338 e. The minimum absolute atomic E-state index is 0.00681. The Morgan fingerprint density at radius 1 is 1.09 bits per heavy atom. The summed E-state index contributed by atoms with van der Waals surface area (Å²) in [5.74, 6) is -2.61. The van der Waals surface area contributed by atoms with Crippen LogP contribution in [0.15, 0.2) is 59.2 Å². The number of hydrogen-bond acceptors (Lipinski definition) is 6. The van der Waals surface area contributed by atoms with Crippen molar-refractivity contribution in [3.05, 3.63) is 93.6 Å². The number of carbonyl (C=O) groups is 4. The maximum absolute atomic E-state index is 13.9. The van der Waals surface area contributed by atoms with Gasteiger partial charge in [0.05, 0.1) is 29.5 Å². The van der Waals surface area contributed by atoms with Gasteiger partial charge in [0.25, 0.3) is 17.7 Å². The molecule has 174 valence electrons. The summed E-state index contributed by atoms with van der Waals surface area (Å²) in [4.78, 5) is 52.3. The summed E-state index contributed by atoms with van der Waals surface area (Å²) in [6.45, 7) is -0.745. The average Bonchev–Trinajstić information content (AvgIpc) is 3.42. The molecule has 0 saturated heterocycles. The Morgan fingerprint density at radius 2 is 1.85 bits per heavy atom. The normalized spacial score (nSPS) is 12.6. The van der Waals surface area contributed by atoms with Crippen LogP contribution in [0.25, 0.3) is 0 Å². The number of carbonyl (C=O) groups excluding carboxylic acids is 4. The van der Waals surface area contributed by atoms with Crippen molar-refractivity contribution in [3.8, 4) is 0 Å². The number of halogens is 2. The van der Waals surface area contributed by atoms with E-state index in [-0.39, 0.29) is 40.4 Å². The number of esters is 1. The number of rotatable bonds is 7. The molecule has 0 spiro atoms. The van der Waals surface area contributed by atoms with Crippen LogP contribution in [0.1, 0.15) is 42.4 Å². The largest absolute Gasteiger partial charge is 0.467 e.